The Morgan fingerprint density at radius 2 is 1.50 bits per heavy atom. The lowest BCUT2D eigenvalue weighted by Crippen LogP contribution is -2.28. The molecule has 0 saturated carbocycles. The summed E-state index contributed by atoms with van der Waals surface area (Å²) >= 11 is 0. The number of hydrogen-bond acceptors (Lipinski definition) is 4. The Hall–Kier alpha value is -4.45. The first-order valence-electron chi connectivity index (χ1n) is 11.1. The van der Waals surface area contributed by atoms with Crippen molar-refractivity contribution < 1.29 is 9.53 Å². The largest absolute Gasteiger partial charge is 0.489 e. The minimum absolute atomic E-state index is 0.0197. The summed E-state index contributed by atoms with van der Waals surface area (Å²) in [5.74, 6) is 0.626. The van der Waals surface area contributed by atoms with E-state index in [9.17, 15) is 9.59 Å². The van der Waals surface area contributed by atoms with Gasteiger partial charge in [0, 0.05) is 35.3 Å². The fourth-order valence-electron chi connectivity index (χ4n) is 4.00. The maximum Gasteiger partial charge on any atom is 0.240 e. The number of aromatic nitrogens is 2. The molecule has 34 heavy (non-hydrogen) atoms. The van der Waals surface area contributed by atoms with E-state index in [2.05, 4.69) is 10.3 Å². The zero-order chi connectivity index (χ0) is 23.3. The molecule has 0 radical (unpaired) electrons. The van der Waals surface area contributed by atoms with Gasteiger partial charge in [0.25, 0.3) is 0 Å². The molecule has 168 valence electrons. The van der Waals surface area contributed by atoms with Crippen molar-refractivity contribution in [3.05, 3.63) is 119 Å². The van der Waals surface area contributed by atoms with Crippen LogP contribution in [0.3, 0.4) is 0 Å². The molecule has 2 heterocycles. The predicted octanol–water partition coefficient (Wildman–Crippen LogP) is 4.45. The Kier molecular flexibility index (Phi) is 6.03. The monoisotopic (exact) mass is 449 g/mol. The third kappa shape index (κ3) is 4.52. The summed E-state index contributed by atoms with van der Waals surface area (Å²) in [6.45, 7) is 0.969. The number of pyridine rings is 2. The molecule has 1 amide bonds. The zero-order valence-corrected chi connectivity index (χ0v) is 18.5. The summed E-state index contributed by atoms with van der Waals surface area (Å²) < 4.78 is 7.69. The number of nitrogens with zero attached hydrogens (tertiary/aromatic N) is 2. The number of nitrogens with one attached hydrogen (secondary N) is 1. The first kappa shape index (κ1) is 21.4. The molecule has 0 aliphatic rings. The van der Waals surface area contributed by atoms with Gasteiger partial charge in [-0.3, -0.25) is 14.6 Å². The van der Waals surface area contributed by atoms with Gasteiger partial charge in [-0.1, -0.05) is 42.5 Å². The molecular formula is C28H23N3O3. The highest BCUT2D eigenvalue weighted by molar-refractivity contribution is 5.94. The molecule has 1 N–H and O–H groups in total. The van der Waals surface area contributed by atoms with E-state index in [4.69, 9.17) is 4.74 Å². The van der Waals surface area contributed by atoms with Crippen LogP contribution in [0.1, 0.15) is 11.1 Å². The highest BCUT2D eigenvalue weighted by Crippen LogP contribution is 2.19. The van der Waals surface area contributed by atoms with Crippen LogP contribution in [0.15, 0.2) is 102 Å². The van der Waals surface area contributed by atoms with Crippen LogP contribution >= 0.6 is 0 Å². The number of para-hydroxylation sites is 2. The first-order valence-corrected chi connectivity index (χ1v) is 11.1. The van der Waals surface area contributed by atoms with E-state index in [1.807, 2.05) is 77.4 Å². The Morgan fingerprint density at radius 1 is 0.824 bits per heavy atom. The molecule has 3 aromatic carbocycles. The predicted molar refractivity (Wildman–Crippen MR) is 133 cm³/mol. The topological polar surface area (TPSA) is 73.2 Å². The van der Waals surface area contributed by atoms with Crippen LogP contribution in [0.2, 0.25) is 0 Å². The van der Waals surface area contributed by atoms with Gasteiger partial charge in [0.15, 0.2) is 5.43 Å². The average Bonchev–Trinajstić information content (AvgIpc) is 2.90. The van der Waals surface area contributed by atoms with Crippen LogP contribution in [0.5, 0.6) is 5.75 Å². The van der Waals surface area contributed by atoms with Crippen LogP contribution in [-0.2, 0) is 24.5 Å². The Balaban J connectivity index is 1.27. The Morgan fingerprint density at radius 3 is 2.15 bits per heavy atom. The van der Waals surface area contributed by atoms with Gasteiger partial charge >= 0.3 is 0 Å². The molecule has 0 bridgehead atoms. The van der Waals surface area contributed by atoms with E-state index in [1.165, 1.54) is 0 Å². The van der Waals surface area contributed by atoms with Gasteiger partial charge < -0.3 is 14.6 Å². The summed E-state index contributed by atoms with van der Waals surface area (Å²) in [5.41, 5.74) is 3.44. The Bertz CT molecular complexity index is 1450. The van der Waals surface area contributed by atoms with Gasteiger partial charge in [0.1, 0.15) is 18.9 Å². The zero-order valence-electron chi connectivity index (χ0n) is 18.5. The second-order valence-corrected chi connectivity index (χ2v) is 8.02. The van der Waals surface area contributed by atoms with Crippen molar-refractivity contribution in [1.29, 1.82) is 0 Å². The van der Waals surface area contributed by atoms with Gasteiger partial charge in [-0.05, 0) is 48.0 Å². The quantitative estimate of drug-likeness (QED) is 0.373. The van der Waals surface area contributed by atoms with Crippen molar-refractivity contribution in [3.8, 4) is 5.75 Å². The lowest BCUT2D eigenvalue weighted by molar-refractivity contribution is -0.121. The highest BCUT2D eigenvalue weighted by Gasteiger charge is 2.12. The molecule has 0 atom stereocenters. The standard InChI is InChI=1S/C28H23N3O3/c32-27(30-17-20-11-13-22(14-12-20)34-19-21-6-5-15-29-16-21)18-31-25-9-3-1-7-23(25)28(33)24-8-2-4-10-26(24)31/h1-16H,17-19H2,(H,30,32). The van der Waals surface area contributed by atoms with Crippen molar-refractivity contribution in [2.75, 3.05) is 0 Å². The summed E-state index contributed by atoms with van der Waals surface area (Å²) in [5, 5.41) is 4.20. The van der Waals surface area contributed by atoms with E-state index in [1.54, 1.807) is 24.5 Å². The van der Waals surface area contributed by atoms with Crippen molar-refractivity contribution in [1.82, 2.24) is 14.9 Å². The van der Waals surface area contributed by atoms with Gasteiger partial charge in [-0.25, -0.2) is 0 Å². The summed E-state index contributed by atoms with van der Waals surface area (Å²) in [6.07, 6.45) is 3.51. The molecule has 2 aromatic heterocycles. The van der Waals surface area contributed by atoms with Crippen LogP contribution in [0.25, 0.3) is 21.8 Å². The first-order chi connectivity index (χ1) is 16.7. The van der Waals surface area contributed by atoms with Crippen molar-refractivity contribution in [2.45, 2.75) is 19.7 Å². The fourth-order valence-corrected chi connectivity index (χ4v) is 4.00. The number of rotatable bonds is 7. The van der Waals surface area contributed by atoms with E-state index < -0.39 is 0 Å². The fraction of sp³-hybridized carbons (Fsp3) is 0.107. The maximum atomic E-state index is 12.9. The number of ether oxygens (including phenoxy) is 1. The summed E-state index contributed by atoms with van der Waals surface area (Å²) in [4.78, 5) is 29.8. The number of fused-ring (bicyclic) bond motifs is 2. The summed E-state index contributed by atoms with van der Waals surface area (Å²) in [6, 6.07) is 26.3. The molecule has 5 rings (SSSR count). The normalized spacial score (nSPS) is 10.9. The second-order valence-electron chi connectivity index (χ2n) is 8.02. The Labute approximate surface area is 196 Å². The van der Waals surface area contributed by atoms with E-state index in [0.29, 0.717) is 23.9 Å². The highest BCUT2D eigenvalue weighted by atomic mass is 16.5. The molecule has 0 aliphatic carbocycles. The van der Waals surface area contributed by atoms with E-state index in [-0.39, 0.29) is 17.9 Å². The van der Waals surface area contributed by atoms with Gasteiger partial charge in [0.2, 0.25) is 5.91 Å². The average molecular weight is 450 g/mol. The smallest absolute Gasteiger partial charge is 0.240 e. The lowest BCUT2D eigenvalue weighted by Gasteiger charge is -2.15. The summed E-state index contributed by atoms with van der Waals surface area (Å²) in [7, 11) is 0. The van der Waals surface area contributed by atoms with Crippen LogP contribution in [-0.4, -0.2) is 15.5 Å². The SMILES string of the molecule is O=C(Cn1c2ccccc2c(=O)c2ccccc21)NCc1ccc(OCc2cccnc2)cc1. The molecule has 5 aromatic rings. The van der Waals surface area contributed by atoms with Crippen molar-refractivity contribution in [3.63, 3.8) is 0 Å². The number of carbonyl (C=O) groups is 1. The number of hydrogen-bond donors (Lipinski definition) is 1. The van der Waals surface area contributed by atoms with E-state index in [0.717, 1.165) is 27.9 Å². The third-order valence-corrected chi connectivity index (χ3v) is 5.72. The molecule has 6 heteroatoms. The second kappa shape index (κ2) is 9.58. The molecule has 0 fully saturated rings. The molecule has 0 unspecified atom stereocenters. The van der Waals surface area contributed by atoms with Gasteiger partial charge in [-0.2, -0.15) is 0 Å². The number of amides is 1. The van der Waals surface area contributed by atoms with Crippen molar-refractivity contribution in [2.24, 2.45) is 0 Å². The minimum Gasteiger partial charge on any atom is -0.489 e. The maximum absolute atomic E-state index is 12.9. The minimum atomic E-state index is -0.129. The lowest BCUT2D eigenvalue weighted by atomic mass is 10.1. The number of benzene rings is 3. The number of carbonyl (C=O) groups excluding carboxylic acids is 1. The van der Waals surface area contributed by atoms with Gasteiger partial charge in [0.05, 0.1) is 11.0 Å². The molecule has 0 aliphatic heterocycles. The van der Waals surface area contributed by atoms with Crippen LogP contribution in [0, 0.1) is 0 Å². The van der Waals surface area contributed by atoms with Gasteiger partial charge in [-0.15, -0.1) is 0 Å². The van der Waals surface area contributed by atoms with Crippen LogP contribution < -0.4 is 15.5 Å². The molecule has 6 nitrogen and oxygen atoms in total. The van der Waals surface area contributed by atoms with E-state index >= 15 is 0 Å². The third-order valence-electron chi connectivity index (χ3n) is 5.72. The molecule has 0 saturated heterocycles. The van der Waals surface area contributed by atoms with Crippen molar-refractivity contribution >= 4 is 27.7 Å². The van der Waals surface area contributed by atoms with Crippen LogP contribution in [0.4, 0.5) is 0 Å². The molecular weight excluding hydrogens is 426 g/mol. The molecule has 0 spiro atoms.